The van der Waals surface area contributed by atoms with E-state index in [9.17, 15) is 85.9 Å². The maximum Gasteiger partial charge on any atom is 0.317 e. The number of fused-ring (bicyclic) bond motifs is 2. The number of nitrogens with zero attached hydrogens (tertiary/aromatic N) is 1. The Kier molecular flexibility index (Phi) is 35.7. The molecule has 23 atom stereocenters. The van der Waals surface area contributed by atoms with Gasteiger partial charge < -0.3 is 96.3 Å². The number of unbranched alkanes of at least 4 members (excludes halogenated alkanes) is 3. The van der Waals surface area contributed by atoms with Crippen molar-refractivity contribution in [1.29, 1.82) is 0 Å². The van der Waals surface area contributed by atoms with Crippen LogP contribution in [-0.4, -0.2) is 213 Å². The fraction of sp³-hybridized carbons (Fsp3) is 0.810. The number of ether oxygens (including phenoxy) is 3. The number of guanidine groups is 1. The summed E-state index contributed by atoms with van der Waals surface area (Å²) in [7, 11) is 3.52. The van der Waals surface area contributed by atoms with E-state index in [0.29, 0.717) is 12.0 Å². The fourth-order valence-electron chi connectivity index (χ4n) is 11.2. The highest BCUT2D eigenvalue weighted by atomic mass is 16.7. The lowest BCUT2D eigenvalue weighted by Crippen LogP contribution is -2.59. The summed E-state index contributed by atoms with van der Waals surface area (Å²) in [6.07, 6.45) is -8.28. The molecule has 23 unspecified atom stereocenters. The molecule has 2 rings (SSSR count). The predicted octanol–water partition coefficient (Wildman–Crippen LogP) is 2.82. The van der Waals surface area contributed by atoms with Gasteiger partial charge in [0.05, 0.1) is 79.2 Å². The minimum absolute atomic E-state index is 0.0103. The maximum atomic E-state index is 14.0. The molecule has 23 nitrogen and oxygen atoms in total. The number of carboxylic acid groups (broad SMARTS) is 1. The average molecular weight is 1230 g/mol. The van der Waals surface area contributed by atoms with Crippen molar-refractivity contribution in [2.45, 2.75) is 262 Å². The van der Waals surface area contributed by atoms with Gasteiger partial charge >= 0.3 is 17.9 Å². The zero-order valence-electron chi connectivity index (χ0n) is 52.8. The molecule has 0 aromatic carbocycles. The summed E-state index contributed by atoms with van der Waals surface area (Å²) in [5, 5.41) is 161. The molecule has 2 bridgehead atoms. The van der Waals surface area contributed by atoms with E-state index in [0.717, 1.165) is 43.8 Å². The number of cyclic esters (lactones) is 1. The lowest BCUT2D eigenvalue weighted by Gasteiger charge is -2.45. The Balaban J connectivity index is 2.49. The second kappa shape index (κ2) is 39.3. The lowest BCUT2D eigenvalue weighted by molar-refractivity contribution is -0.333. The molecule has 2 aliphatic heterocycles. The first-order valence-electron chi connectivity index (χ1n) is 31.0. The van der Waals surface area contributed by atoms with Crippen LogP contribution in [0.1, 0.15) is 165 Å². The van der Waals surface area contributed by atoms with Gasteiger partial charge in [-0.15, -0.1) is 0 Å². The van der Waals surface area contributed by atoms with E-state index in [2.05, 4.69) is 21.7 Å². The van der Waals surface area contributed by atoms with Gasteiger partial charge in [-0.25, -0.2) is 0 Å². The predicted molar refractivity (Wildman–Crippen MR) is 324 cm³/mol. The summed E-state index contributed by atoms with van der Waals surface area (Å²) in [4.78, 5) is 42.1. The van der Waals surface area contributed by atoms with Crippen molar-refractivity contribution in [2.24, 2.45) is 46.4 Å². The summed E-state index contributed by atoms with van der Waals surface area (Å²) < 4.78 is 17.5. The molecular weight excluding hydrogens is 1120 g/mol. The van der Waals surface area contributed by atoms with Gasteiger partial charge in [0.2, 0.25) is 0 Å². The third kappa shape index (κ3) is 27.4. The van der Waals surface area contributed by atoms with Crippen molar-refractivity contribution in [3.05, 3.63) is 47.6 Å². The Morgan fingerprint density at radius 3 is 1.99 bits per heavy atom. The number of nitrogens with one attached hydrogen (secondary N) is 2. The molecule has 0 saturated carbocycles. The molecule has 2 heterocycles. The fourth-order valence-corrected chi connectivity index (χ4v) is 11.2. The van der Waals surface area contributed by atoms with Crippen molar-refractivity contribution in [3.8, 4) is 0 Å². The van der Waals surface area contributed by atoms with Crippen LogP contribution in [0.4, 0.5) is 0 Å². The van der Waals surface area contributed by atoms with Crippen LogP contribution in [-0.2, 0) is 28.6 Å². The van der Waals surface area contributed by atoms with E-state index in [4.69, 9.17) is 14.2 Å². The van der Waals surface area contributed by atoms with Crippen molar-refractivity contribution in [1.82, 2.24) is 10.6 Å². The zero-order chi connectivity index (χ0) is 65.2. The summed E-state index contributed by atoms with van der Waals surface area (Å²) in [6, 6.07) is 0. The number of hydrogen-bond donors (Lipinski definition) is 16. The van der Waals surface area contributed by atoms with Gasteiger partial charge in [0, 0.05) is 70.0 Å². The number of carbonyl (C=O) groups excluding carboxylic acids is 2. The monoisotopic (exact) mass is 1230 g/mol. The van der Waals surface area contributed by atoms with Crippen LogP contribution < -0.4 is 10.6 Å². The smallest absolute Gasteiger partial charge is 0.317 e. The molecule has 0 radical (unpaired) electrons. The molecule has 0 amide bonds. The van der Waals surface area contributed by atoms with E-state index < -0.39 is 176 Å². The van der Waals surface area contributed by atoms with Crippen LogP contribution in [0.5, 0.6) is 0 Å². The molecule has 16 N–H and O–H groups in total. The van der Waals surface area contributed by atoms with Crippen LogP contribution in [0, 0.1) is 41.4 Å². The van der Waals surface area contributed by atoms with Crippen LogP contribution in [0.25, 0.3) is 0 Å². The highest BCUT2D eigenvalue weighted by molar-refractivity contribution is 5.90. The molecule has 1 saturated heterocycles. The number of aliphatic carboxylic acids is 1. The lowest BCUT2D eigenvalue weighted by atomic mass is 9.83. The van der Waals surface area contributed by atoms with Crippen molar-refractivity contribution >= 4 is 23.9 Å². The highest BCUT2D eigenvalue weighted by Gasteiger charge is 2.50. The Morgan fingerprint density at radius 1 is 0.767 bits per heavy atom. The first kappa shape index (κ1) is 78.2. The minimum atomic E-state index is -2.53. The van der Waals surface area contributed by atoms with Crippen LogP contribution >= 0.6 is 0 Å². The Hall–Kier alpha value is -3.92. The Morgan fingerprint density at radius 2 is 1.37 bits per heavy atom. The quantitative estimate of drug-likeness (QED) is 0.0333. The highest BCUT2D eigenvalue weighted by Crippen LogP contribution is 2.36. The van der Waals surface area contributed by atoms with Gasteiger partial charge in [-0.2, -0.15) is 0 Å². The summed E-state index contributed by atoms with van der Waals surface area (Å²) in [5.41, 5.74) is 1.49. The van der Waals surface area contributed by atoms with Crippen molar-refractivity contribution in [3.63, 3.8) is 0 Å². The second-order valence-corrected chi connectivity index (χ2v) is 25.0. The Labute approximate surface area is 510 Å². The number of carbonyl (C=O) groups is 3. The number of rotatable bonds is 12. The number of hydrogen-bond acceptors (Lipinski definition) is 20. The number of carboxylic acids is 1. The standard InChI is InChI=1S/C63H111N3O20/c1-35(18-14-12-13-17-25-66-62(64-10)65-11)26-39(5)59-38(4)19-15-16-20-48(69)40(6)51(72)30-45(68)28-46(84-57(79)33-56(77)78)27-44(67)29-47-31-54(75)60(81)63(83,86-47)34-55(76)36(2)21-23-49(70)41(7)52(73)32-53(74)42(8)50(71)24-22-37(3)58(80)43(9)61(82)85-59/h15-16,18-20,22,36,38-55,58-60,67-76,80-81,83H,12-14,17,21,23-34H2,1-11H3,(H,77,78)(H2,64,65,66)/b19-15?,20-16?,35-18+,37-22?. The summed E-state index contributed by atoms with van der Waals surface area (Å²) >= 11 is 0. The zero-order valence-corrected chi connectivity index (χ0v) is 52.8. The van der Waals surface area contributed by atoms with Gasteiger partial charge in [-0.3, -0.25) is 19.4 Å². The van der Waals surface area contributed by atoms with Gasteiger partial charge in [0.25, 0.3) is 0 Å². The minimum Gasteiger partial charge on any atom is -0.481 e. The average Bonchev–Trinajstić information content (AvgIpc) is 1.27. The van der Waals surface area contributed by atoms with E-state index in [-0.39, 0.29) is 50.9 Å². The van der Waals surface area contributed by atoms with Gasteiger partial charge in [-0.05, 0) is 102 Å². The number of esters is 2. The second-order valence-electron chi connectivity index (χ2n) is 25.0. The van der Waals surface area contributed by atoms with Gasteiger partial charge in [-0.1, -0.05) is 90.0 Å². The summed E-state index contributed by atoms with van der Waals surface area (Å²) in [6.45, 7) is 16.2. The number of allylic oxidation sites excluding steroid dienone is 4. The SMILES string of the molecule is CN=C(NC)NCCCCC/C=C(\C)CC(C)C1OC(=O)C(C)C(O)C(C)=CCC(O)C(C)C(O)CC(O)C(C)C(O)CCC(C)C(O)CC2(O)OC(CC(O)CC(OC(=O)CC(=O)O)CC(O)CC(O)C(C)C(O)C=CC=CC1C)CC(O)C2O. The van der Waals surface area contributed by atoms with Gasteiger partial charge in [0.15, 0.2) is 11.7 Å². The van der Waals surface area contributed by atoms with E-state index in [1.807, 2.05) is 20.8 Å². The largest absolute Gasteiger partial charge is 0.481 e. The molecule has 498 valence electrons. The number of aliphatic imine (C=N–C) groups is 1. The first-order valence-corrected chi connectivity index (χ1v) is 31.0. The molecule has 0 aromatic rings. The third-order valence-electron chi connectivity index (χ3n) is 17.5. The normalized spacial score (nSPS) is 38.1. The van der Waals surface area contributed by atoms with Crippen LogP contribution in [0.3, 0.4) is 0 Å². The molecule has 23 heteroatoms. The molecule has 86 heavy (non-hydrogen) atoms. The van der Waals surface area contributed by atoms with E-state index in [1.165, 1.54) is 6.08 Å². The Bertz CT molecular complexity index is 2150. The molecule has 0 aliphatic carbocycles. The molecule has 0 spiro atoms. The third-order valence-corrected chi connectivity index (χ3v) is 17.5. The van der Waals surface area contributed by atoms with Crippen molar-refractivity contribution in [2.75, 3.05) is 20.6 Å². The van der Waals surface area contributed by atoms with E-state index >= 15 is 0 Å². The maximum absolute atomic E-state index is 14.0. The first-order chi connectivity index (χ1) is 40.2. The summed E-state index contributed by atoms with van der Waals surface area (Å²) in [5.74, 6) is -9.85. The topological polar surface area (TPSA) is 399 Å². The van der Waals surface area contributed by atoms with Crippen LogP contribution in [0.2, 0.25) is 0 Å². The number of aliphatic hydroxyl groups is 13. The van der Waals surface area contributed by atoms with Gasteiger partial charge in [0.1, 0.15) is 24.7 Å². The number of aliphatic hydroxyl groups excluding tert-OH is 12. The van der Waals surface area contributed by atoms with E-state index in [1.54, 1.807) is 79.9 Å². The molecule has 1 fully saturated rings. The van der Waals surface area contributed by atoms with Crippen LogP contribution in [0.15, 0.2) is 52.6 Å². The van der Waals surface area contributed by atoms with Crippen molar-refractivity contribution < 1.29 is 100 Å². The molecule has 2 aliphatic rings. The molecule has 0 aromatic heterocycles. The molecular formula is C63H111N3O20.